The number of hydrogen-bond donors (Lipinski definition) is 2. The molecule has 1 aromatic carbocycles. The van der Waals surface area contributed by atoms with Crippen LogP contribution >= 0.6 is 0 Å². The summed E-state index contributed by atoms with van der Waals surface area (Å²) < 4.78 is 62.9. The molecular formula is C13H13N3O3. The molecule has 1 fully saturated rings. The average molecular weight is 267 g/mol. The Kier molecular flexibility index (Phi) is 1.23. The third kappa shape index (κ3) is 1.76. The summed E-state index contributed by atoms with van der Waals surface area (Å²) in [6, 6.07) is -5.05. The highest BCUT2D eigenvalue weighted by Crippen LogP contribution is 2.30. The zero-order valence-electron chi connectivity index (χ0n) is 17.5. The molecule has 0 spiro atoms. The fourth-order valence-electron chi connectivity index (χ4n) is 1.90. The van der Waals surface area contributed by atoms with Crippen molar-refractivity contribution in [2.45, 2.75) is 25.3 Å². The molecule has 6 nitrogen and oxygen atoms in total. The fourth-order valence-corrected chi connectivity index (χ4v) is 1.90. The van der Waals surface area contributed by atoms with Gasteiger partial charge < -0.3 is 10.6 Å². The second-order valence-electron chi connectivity index (χ2n) is 3.92. The van der Waals surface area contributed by atoms with Gasteiger partial charge in [0, 0.05) is 35.2 Å². The first-order chi connectivity index (χ1) is 12.2. The van der Waals surface area contributed by atoms with Gasteiger partial charge in [-0.25, -0.2) is 0 Å². The zero-order valence-corrected chi connectivity index (χ0v) is 9.46. The van der Waals surface area contributed by atoms with Gasteiger partial charge in [0.2, 0.25) is 11.8 Å². The number of hydrogen-bond acceptors (Lipinski definition) is 4. The topological polar surface area (TPSA) is 92.5 Å². The minimum Gasteiger partial charge on any atom is -0.398 e. The van der Waals surface area contributed by atoms with Gasteiger partial charge in [0.25, 0.3) is 5.91 Å². The highest BCUT2D eigenvalue weighted by atomic mass is 16.2. The summed E-state index contributed by atoms with van der Waals surface area (Å²) in [6.07, 6.45) is -6.75. The molecule has 0 bridgehead atoms. The van der Waals surface area contributed by atoms with Crippen molar-refractivity contribution in [1.82, 2.24) is 10.2 Å². The van der Waals surface area contributed by atoms with Gasteiger partial charge in [-0.2, -0.15) is 0 Å². The first-order valence-electron chi connectivity index (χ1n) is 9.27. The van der Waals surface area contributed by atoms with Crippen LogP contribution in [0, 0.1) is 0 Å². The van der Waals surface area contributed by atoms with Gasteiger partial charge in [0.1, 0.15) is 6.02 Å². The van der Waals surface area contributed by atoms with Crippen LogP contribution in [0.15, 0.2) is 18.1 Å². The van der Waals surface area contributed by atoms with E-state index in [1.807, 2.05) is 0 Å². The molecule has 1 unspecified atom stereocenters. The summed E-state index contributed by atoms with van der Waals surface area (Å²) in [7, 11) is 0. The third-order valence-electron chi connectivity index (χ3n) is 2.79. The van der Waals surface area contributed by atoms with E-state index in [9.17, 15) is 14.4 Å². The van der Waals surface area contributed by atoms with Crippen molar-refractivity contribution in [2.75, 3.05) is 5.73 Å². The summed E-state index contributed by atoms with van der Waals surface area (Å²) in [6.45, 7) is -0.654. The quantitative estimate of drug-likeness (QED) is 0.554. The normalized spacial score (nSPS) is 37.7. The molecule has 0 aliphatic carbocycles. The Morgan fingerprint density at radius 1 is 1.47 bits per heavy atom. The number of fused-ring (bicyclic) bond motifs is 1. The Bertz CT molecular complexity index is 934. The van der Waals surface area contributed by atoms with Gasteiger partial charge in [-0.3, -0.25) is 19.7 Å². The molecule has 3 N–H and O–H groups in total. The number of benzene rings is 1. The number of imide groups is 1. The molecule has 0 saturated carbocycles. The van der Waals surface area contributed by atoms with Crippen molar-refractivity contribution in [3.8, 4) is 0 Å². The van der Waals surface area contributed by atoms with Gasteiger partial charge in [0.05, 0.1) is 5.48 Å². The number of carbonyl (C=O) groups excluding carboxylic acids is 3. The Labute approximate surface area is 120 Å². The maximum atomic E-state index is 12.8. The van der Waals surface area contributed by atoms with Gasteiger partial charge in [0.15, 0.2) is 0 Å². The monoisotopic (exact) mass is 267 g/mol. The third-order valence-corrected chi connectivity index (χ3v) is 2.79. The molecule has 3 rings (SSSR count). The molecule has 1 atom stereocenters. The Balaban J connectivity index is 2.22. The van der Waals surface area contributed by atoms with Crippen molar-refractivity contribution >= 4 is 23.4 Å². The number of nitrogens with zero attached hydrogens (tertiary/aromatic N) is 1. The lowest BCUT2D eigenvalue weighted by Crippen LogP contribution is -2.52. The molecule has 2 heterocycles. The predicted molar refractivity (Wildman–Crippen MR) is 66.9 cm³/mol. The maximum Gasteiger partial charge on any atom is 0.255 e. The van der Waals surface area contributed by atoms with Crippen LogP contribution in [-0.4, -0.2) is 28.6 Å². The van der Waals surface area contributed by atoms with E-state index in [2.05, 4.69) is 0 Å². The van der Waals surface area contributed by atoms with Crippen molar-refractivity contribution in [3.63, 3.8) is 0 Å². The van der Waals surface area contributed by atoms with Crippen LogP contribution in [0.4, 0.5) is 5.69 Å². The summed E-state index contributed by atoms with van der Waals surface area (Å²) >= 11 is 0. The number of anilines is 1. The van der Waals surface area contributed by atoms with E-state index in [1.165, 1.54) is 0 Å². The number of amides is 3. The van der Waals surface area contributed by atoms with Crippen LogP contribution < -0.4 is 11.1 Å². The number of carbonyl (C=O) groups is 3. The summed E-state index contributed by atoms with van der Waals surface area (Å²) in [5.74, 6) is -4.31. The lowest BCUT2D eigenvalue weighted by atomic mass is 10.0. The smallest absolute Gasteiger partial charge is 0.255 e. The van der Waals surface area contributed by atoms with Crippen LogP contribution in [0.1, 0.15) is 39.6 Å². The molecule has 1 aromatic rings. The second kappa shape index (κ2) is 4.08. The zero-order chi connectivity index (χ0) is 20.7. The van der Waals surface area contributed by atoms with Crippen molar-refractivity contribution in [2.24, 2.45) is 0 Å². The average Bonchev–Trinajstić information content (AvgIpc) is 2.93. The van der Waals surface area contributed by atoms with Crippen molar-refractivity contribution in [3.05, 3.63) is 29.3 Å². The Hall–Kier alpha value is -2.37. The van der Waals surface area contributed by atoms with E-state index in [0.717, 1.165) is 0 Å². The maximum absolute atomic E-state index is 12.8. The van der Waals surface area contributed by atoms with Gasteiger partial charge in [-0.05, 0) is 18.5 Å². The van der Waals surface area contributed by atoms with E-state index in [1.54, 1.807) is 5.32 Å². The van der Waals surface area contributed by atoms with Gasteiger partial charge >= 0.3 is 0 Å². The van der Waals surface area contributed by atoms with E-state index >= 15 is 0 Å². The highest BCUT2D eigenvalue weighted by Gasteiger charge is 2.39. The van der Waals surface area contributed by atoms with Gasteiger partial charge in [-0.1, -0.05) is 6.04 Å². The van der Waals surface area contributed by atoms with Crippen LogP contribution in [0.3, 0.4) is 0 Å². The fraction of sp³-hybridized carbons (Fsp3) is 0.308. The number of nitrogens with two attached hydrogens (primary N) is 1. The molecule has 2 aliphatic heterocycles. The first-order valence-corrected chi connectivity index (χ1v) is 5.27. The van der Waals surface area contributed by atoms with Crippen molar-refractivity contribution in [1.29, 1.82) is 0 Å². The molecule has 98 valence electrons. The van der Waals surface area contributed by atoms with E-state index in [0.29, 0.717) is 4.90 Å². The number of nitrogen functional groups attached to an aromatic ring is 1. The molecule has 3 amide bonds. The lowest BCUT2D eigenvalue weighted by molar-refractivity contribution is -0.136. The lowest BCUT2D eigenvalue weighted by Gasteiger charge is -2.29. The molecule has 0 radical (unpaired) electrons. The Morgan fingerprint density at radius 2 is 2.26 bits per heavy atom. The van der Waals surface area contributed by atoms with E-state index < -0.39 is 66.7 Å². The van der Waals surface area contributed by atoms with Crippen LogP contribution in [0.25, 0.3) is 0 Å². The number of rotatable bonds is 1. The highest BCUT2D eigenvalue weighted by molar-refractivity contribution is 6.06. The van der Waals surface area contributed by atoms with Crippen LogP contribution in [0.5, 0.6) is 0 Å². The van der Waals surface area contributed by atoms with E-state index in [4.69, 9.17) is 16.7 Å². The predicted octanol–water partition coefficient (Wildman–Crippen LogP) is 0.0298. The summed E-state index contributed by atoms with van der Waals surface area (Å²) in [4.78, 5) is 37.2. The molecule has 6 heteroatoms. The SMILES string of the molecule is [2H]c1c([2H])c(N)c2c(c1[2H])C(=O)N(C1([2H])C(=O)NC(=O)C([2H])([2H])C1([2H])[2H])C2. The molecular weight excluding hydrogens is 246 g/mol. The summed E-state index contributed by atoms with van der Waals surface area (Å²) in [5, 5.41) is 1.57. The molecule has 2 aliphatic rings. The largest absolute Gasteiger partial charge is 0.398 e. The summed E-state index contributed by atoms with van der Waals surface area (Å²) in [5.41, 5.74) is 4.81. The van der Waals surface area contributed by atoms with Gasteiger partial charge in [-0.15, -0.1) is 0 Å². The van der Waals surface area contributed by atoms with Crippen molar-refractivity contribution < 1.29 is 25.3 Å². The van der Waals surface area contributed by atoms with E-state index in [-0.39, 0.29) is 11.3 Å². The number of nitrogens with one attached hydrogen (secondary N) is 1. The van der Waals surface area contributed by atoms with Crippen LogP contribution in [0.2, 0.25) is 0 Å². The number of piperidine rings is 1. The molecule has 0 aromatic heterocycles. The minimum atomic E-state index is -3.44. The standard InChI is InChI=1S/C13H13N3O3/c14-9-3-1-2-7-8(9)6-16(13(7)19)10-4-5-11(17)15-12(10)18/h1-3,10H,4-6,14H2,(H,15,17,18)/i1D,2D,3D,4D2,5D2,10D. The molecule has 19 heavy (non-hydrogen) atoms. The minimum absolute atomic E-state index is 0.126. The van der Waals surface area contributed by atoms with Crippen LogP contribution in [-0.2, 0) is 16.1 Å². The Morgan fingerprint density at radius 3 is 3.05 bits per heavy atom. The molecule has 1 saturated heterocycles. The first kappa shape index (κ1) is 5.73. The second-order valence-corrected chi connectivity index (χ2v) is 3.92.